The summed E-state index contributed by atoms with van der Waals surface area (Å²) in [5, 5.41) is 2.96. The van der Waals surface area contributed by atoms with Crippen molar-refractivity contribution in [2.75, 3.05) is 5.32 Å². The van der Waals surface area contributed by atoms with Gasteiger partial charge in [0.1, 0.15) is 0 Å². The Bertz CT molecular complexity index is 832. The predicted octanol–water partition coefficient (Wildman–Crippen LogP) is 4.86. The topological polar surface area (TPSA) is 42.0 Å². The molecule has 0 atom stereocenters. The van der Waals surface area contributed by atoms with Gasteiger partial charge in [0.15, 0.2) is 0 Å². The standard InChI is InChI=1S/C21H20N2OS/c1-16-5-2-3-7-18(16)13-21(24)23-19-8-10-20(11-9-19)25-15-17-6-4-12-22-14-17/h2-12,14H,13,15H2,1H3,(H,23,24). The Morgan fingerprint density at radius 1 is 1.04 bits per heavy atom. The summed E-state index contributed by atoms with van der Waals surface area (Å²) in [6, 6.07) is 19.9. The van der Waals surface area contributed by atoms with Gasteiger partial charge in [-0.15, -0.1) is 11.8 Å². The second-order valence-electron chi connectivity index (χ2n) is 5.83. The molecule has 0 aliphatic rings. The first-order chi connectivity index (χ1) is 12.2. The van der Waals surface area contributed by atoms with E-state index in [4.69, 9.17) is 0 Å². The van der Waals surface area contributed by atoms with Crippen LogP contribution in [-0.4, -0.2) is 10.9 Å². The third-order valence-corrected chi connectivity index (χ3v) is 4.96. The van der Waals surface area contributed by atoms with Gasteiger partial charge in [0, 0.05) is 28.7 Å². The number of anilines is 1. The molecule has 0 unspecified atom stereocenters. The van der Waals surface area contributed by atoms with E-state index in [1.807, 2.05) is 67.7 Å². The Kier molecular flexibility index (Phi) is 5.86. The normalized spacial score (nSPS) is 10.4. The number of pyridine rings is 1. The van der Waals surface area contributed by atoms with Gasteiger partial charge in [-0.05, 0) is 53.9 Å². The van der Waals surface area contributed by atoms with E-state index in [1.54, 1.807) is 18.0 Å². The van der Waals surface area contributed by atoms with Crippen molar-refractivity contribution in [2.24, 2.45) is 0 Å². The molecule has 1 amide bonds. The third-order valence-electron chi connectivity index (χ3n) is 3.88. The average Bonchev–Trinajstić information content (AvgIpc) is 2.64. The van der Waals surface area contributed by atoms with E-state index in [2.05, 4.69) is 16.4 Å². The fourth-order valence-electron chi connectivity index (χ4n) is 2.47. The largest absolute Gasteiger partial charge is 0.326 e. The molecule has 0 spiro atoms. The number of carbonyl (C=O) groups excluding carboxylic acids is 1. The number of carbonyl (C=O) groups is 1. The molecule has 25 heavy (non-hydrogen) atoms. The van der Waals surface area contributed by atoms with E-state index >= 15 is 0 Å². The summed E-state index contributed by atoms with van der Waals surface area (Å²) in [6.07, 6.45) is 4.06. The number of hydrogen-bond donors (Lipinski definition) is 1. The molecule has 0 fully saturated rings. The number of nitrogens with zero attached hydrogens (tertiary/aromatic N) is 1. The molecule has 0 bridgehead atoms. The Morgan fingerprint density at radius 3 is 2.56 bits per heavy atom. The zero-order valence-corrected chi connectivity index (χ0v) is 14.9. The van der Waals surface area contributed by atoms with Gasteiger partial charge in [-0.1, -0.05) is 30.3 Å². The maximum Gasteiger partial charge on any atom is 0.228 e. The Hall–Kier alpha value is -2.59. The van der Waals surface area contributed by atoms with Crippen molar-refractivity contribution in [2.45, 2.75) is 24.0 Å². The molecular weight excluding hydrogens is 328 g/mol. The number of thioether (sulfide) groups is 1. The lowest BCUT2D eigenvalue weighted by molar-refractivity contribution is -0.115. The van der Waals surface area contributed by atoms with E-state index in [-0.39, 0.29) is 5.91 Å². The van der Waals surface area contributed by atoms with Crippen LogP contribution in [0.4, 0.5) is 5.69 Å². The van der Waals surface area contributed by atoms with Crippen LogP contribution in [0.25, 0.3) is 0 Å². The zero-order chi connectivity index (χ0) is 17.5. The molecule has 0 aliphatic carbocycles. The average molecular weight is 348 g/mol. The van der Waals surface area contributed by atoms with E-state index in [0.717, 1.165) is 22.6 Å². The molecule has 126 valence electrons. The van der Waals surface area contributed by atoms with Crippen LogP contribution in [0, 0.1) is 6.92 Å². The van der Waals surface area contributed by atoms with Crippen LogP contribution < -0.4 is 5.32 Å². The predicted molar refractivity (Wildman–Crippen MR) is 104 cm³/mol. The highest BCUT2D eigenvalue weighted by Gasteiger charge is 2.06. The second kappa shape index (κ2) is 8.49. The smallest absolute Gasteiger partial charge is 0.228 e. The first kappa shape index (κ1) is 17.2. The van der Waals surface area contributed by atoms with E-state index in [1.165, 1.54) is 10.5 Å². The molecule has 1 aromatic heterocycles. The molecule has 0 saturated heterocycles. The van der Waals surface area contributed by atoms with Crippen molar-refractivity contribution in [1.29, 1.82) is 0 Å². The first-order valence-electron chi connectivity index (χ1n) is 8.17. The number of rotatable bonds is 6. The highest BCUT2D eigenvalue weighted by Crippen LogP contribution is 2.24. The Balaban J connectivity index is 1.53. The number of nitrogens with one attached hydrogen (secondary N) is 1. The summed E-state index contributed by atoms with van der Waals surface area (Å²) in [5.74, 6) is 0.886. The van der Waals surface area contributed by atoms with Crippen molar-refractivity contribution in [3.63, 3.8) is 0 Å². The van der Waals surface area contributed by atoms with Gasteiger partial charge >= 0.3 is 0 Å². The summed E-state index contributed by atoms with van der Waals surface area (Å²) >= 11 is 1.75. The molecule has 0 radical (unpaired) electrons. The molecule has 3 nitrogen and oxygen atoms in total. The molecule has 1 heterocycles. The molecule has 1 N–H and O–H groups in total. The van der Waals surface area contributed by atoms with Gasteiger partial charge in [0.25, 0.3) is 0 Å². The van der Waals surface area contributed by atoms with Crippen molar-refractivity contribution in [3.8, 4) is 0 Å². The van der Waals surface area contributed by atoms with Gasteiger partial charge in [-0.3, -0.25) is 9.78 Å². The van der Waals surface area contributed by atoms with Crippen molar-refractivity contribution in [1.82, 2.24) is 4.98 Å². The van der Waals surface area contributed by atoms with Gasteiger partial charge in [-0.25, -0.2) is 0 Å². The summed E-state index contributed by atoms with van der Waals surface area (Å²) in [6.45, 7) is 2.02. The number of amides is 1. The van der Waals surface area contributed by atoms with Crippen LogP contribution in [0.15, 0.2) is 78.0 Å². The Morgan fingerprint density at radius 2 is 1.84 bits per heavy atom. The van der Waals surface area contributed by atoms with Crippen LogP contribution in [0.5, 0.6) is 0 Å². The highest BCUT2D eigenvalue weighted by molar-refractivity contribution is 7.98. The lowest BCUT2D eigenvalue weighted by Crippen LogP contribution is -2.14. The van der Waals surface area contributed by atoms with Gasteiger partial charge in [0.05, 0.1) is 6.42 Å². The van der Waals surface area contributed by atoms with Crippen LogP contribution in [0.1, 0.15) is 16.7 Å². The number of aryl methyl sites for hydroxylation is 1. The van der Waals surface area contributed by atoms with E-state index in [0.29, 0.717) is 6.42 Å². The lowest BCUT2D eigenvalue weighted by atomic mass is 10.1. The second-order valence-corrected chi connectivity index (χ2v) is 6.87. The van der Waals surface area contributed by atoms with Crippen molar-refractivity contribution in [3.05, 3.63) is 89.7 Å². The van der Waals surface area contributed by atoms with Crippen molar-refractivity contribution < 1.29 is 4.79 Å². The maximum absolute atomic E-state index is 12.2. The van der Waals surface area contributed by atoms with Crippen LogP contribution >= 0.6 is 11.8 Å². The molecule has 4 heteroatoms. The summed E-state index contributed by atoms with van der Waals surface area (Å²) in [7, 11) is 0. The minimum Gasteiger partial charge on any atom is -0.326 e. The summed E-state index contributed by atoms with van der Waals surface area (Å²) in [4.78, 5) is 17.5. The molecule has 0 saturated carbocycles. The van der Waals surface area contributed by atoms with Crippen LogP contribution in [-0.2, 0) is 17.0 Å². The molecule has 3 aromatic rings. The summed E-state index contributed by atoms with van der Waals surface area (Å²) in [5.41, 5.74) is 4.22. The minimum atomic E-state index is 0.00469. The number of hydrogen-bond acceptors (Lipinski definition) is 3. The fourth-order valence-corrected chi connectivity index (χ4v) is 3.30. The lowest BCUT2D eigenvalue weighted by Gasteiger charge is -2.08. The van der Waals surface area contributed by atoms with Crippen LogP contribution in [0.2, 0.25) is 0 Å². The molecule has 0 aliphatic heterocycles. The molecule has 2 aromatic carbocycles. The Labute approximate surface area is 152 Å². The fraction of sp³-hybridized carbons (Fsp3) is 0.143. The maximum atomic E-state index is 12.2. The van der Waals surface area contributed by atoms with E-state index < -0.39 is 0 Å². The quantitative estimate of drug-likeness (QED) is 0.647. The van der Waals surface area contributed by atoms with Gasteiger partial charge in [0.2, 0.25) is 5.91 Å². The number of benzene rings is 2. The van der Waals surface area contributed by atoms with E-state index in [9.17, 15) is 4.79 Å². The first-order valence-corrected chi connectivity index (χ1v) is 9.15. The minimum absolute atomic E-state index is 0.00469. The summed E-state index contributed by atoms with van der Waals surface area (Å²) < 4.78 is 0. The van der Waals surface area contributed by atoms with Gasteiger partial charge < -0.3 is 5.32 Å². The monoisotopic (exact) mass is 348 g/mol. The third kappa shape index (κ3) is 5.19. The molecule has 3 rings (SSSR count). The van der Waals surface area contributed by atoms with Gasteiger partial charge in [-0.2, -0.15) is 0 Å². The number of aromatic nitrogens is 1. The molecular formula is C21H20N2OS. The van der Waals surface area contributed by atoms with Crippen molar-refractivity contribution >= 4 is 23.4 Å². The highest BCUT2D eigenvalue weighted by atomic mass is 32.2. The SMILES string of the molecule is Cc1ccccc1CC(=O)Nc1ccc(SCc2cccnc2)cc1. The van der Waals surface area contributed by atoms with Crippen LogP contribution in [0.3, 0.4) is 0 Å². The zero-order valence-electron chi connectivity index (χ0n) is 14.1.